The number of Topliss-reactive ketones (excluding diaryl/α,β-unsaturated/α-hetero) is 2. The Hall–Kier alpha value is -3.74. The minimum absolute atomic E-state index is 0. The van der Waals surface area contributed by atoms with Crippen molar-refractivity contribution in [2.45, 2.75) is 52.2 Å². The minimum atomic E-state index is -0.961. The number of rotatable bonds is 16. The molecule has 2 N–H and O–H groups in total. The molecule has 4 saturated heterocycles. The lowest BCUT2D eigenvalue weighted by Crippen LogP contribution is -2.36. The van der Waals surface area contributed by atoms with Crippen LogP contribution < -0.4 is 14.7 Å². The number of hydrogen-bond acceptors (Lipinski definition) is 18. The molecule has 3 aromatic carbocycles. The highest BCUT2D eigenvalue weighted by Gasteiger charge is 2.27. The van der Waals surface area contributed by atoms with Crippen molar-refractivity contribution in [1.82, 2.24) is 15.0 Å². The molecular formula is C53H58Cl6N6O10S3. The SMILES string of the molecule is C.O=C(CO)c1sc(N2CCOCC2)nc1Cc1ccc(Cl)c(Cl)c1.O=C(COC1CCCCO1)c1sc(N2CCOCC2)nc1Cc1ccc(Cl)c(Cl)c1.O=C(O)c1sc(N2CCOCC2)nc1Cc1ccc(Cl)c(Cl)c1. The highest BCUT2D eigenvalue weighted by molar-refractivity contribution is 7.18. The lowest BCUT2D eigenvalue weighted by atomic mass is 10.1. The summed E-state index contributed by atoms with van der Waals surface area (Å²) in [6, 6.07) is 16.1. The Bertz CT molecular complexity index is 2980. The van der Waals surface area contributed by atoms with Gasteiger partial charge in [-0.15, -0.1) is 0 Å². The molecule has 0 bridgehead atoms. The van der Waals surface area contributed by atoms with Gasteiger partial charge in [-0.05, 0) is 72.4 Å². The van der Waals surface area contributed by atoms with Crippen LogP contribution in [0.2, 0.25) is 30.1 Å². The van der Waals surface area contributed by atoms with E-state index in [1.54, 1.807) is 30.3 Å². The number of anilines is 3. The van der Waals surface area contributed by atoms with Crippen molar-refractivity contribution < 1.29 is 48.3 Å². The number of carbonyl (C=O) groups excluding carboxylic acids is 2. The molecule has 0 radical (unpaired) electrons. The first-order valence-electron chi connectivity index (χ1n) is 24.7. The molecule has 0 amide bonds. The average Bonchev–Trinajstić information content (AvgIpc) is 4.23. The van der Waals surface area contributed by atoms with E-state index in [4.69, 9.17) is 98.3 Å². The summed E-state index contributed by atoms with van der Waals surface area (Å²) in [5.41, 5.74) is 4.67. The first-order valence-corrected chi connectivity index (χ1v) is 29.4. The van der Waals surface area contributed by atoms with Crippen LogP contribution in [0.3, 0.4) is 0 Å². The summed E-state index contributed by atoms with van der Waals surface area (Å²) in [6.45, 7) is 8.46. The fourth-order valence-electron chi connectivity index (χ4n) is 8.33. The van der Waals surface area contributed by atoms with E-state index in [0.29, 0.717) is 117 Å². The first-order chi connectivity index (χ1) is 37.2. The number of hydrogen-bond donors (Lipinski definition) is 2. The van der Waals surface area contributed by atoms with Gasteiger partial charge in [0.05, 0.1) is 96.6 Å². The van der Waals surface area contributed by atoms with E-state index in [1.807, 2.05) is 24.3 Å². The number of carboxylic acids is 1. The molecule has 16 nitrogen and oxygen atoms in total. The quantitative estimate of drug-likeness (QED) is 0.0871. The molecule has 25 heteroatoms. The molecule has 1 atom stereocenters. The third-order valence-corrected chi connectivity index (χ3v) is 18.1. The summed E-state index contributed by atoms with van der Waals surface area (Å²) in [4.78, 5) is 58.3. The second-order valence-corrected chi connectivity index (χ2v) is 23.2. The zero-order chi connectivity index (χ0) is 54.4. The maximum absolute atomic E-state index is 13.0. The normalized spacial score (nSPS) is 16.6. The van der Waals surface area contributed by atoms with E-state index in [0.717, 1.165) is 96.3 Å². The number of aliphatic hydroxyl groups is 1. The fourth-order valence-corrected chi connectivity index (χ4v) is 12.4. The van der Waals surface area contributed by atoms with Crippen molar-refractivity contribution in [3.63, 3.8) is 0 Å². The van der Waals surface area contributed by atoms with Crippen molar-refractivity contribution in [3.8, 4) is 0 Å². The van der Waals surface area contributed by atoms with Gasteiger partial charge in [-0.25, -0.2) is 19.7 Å². The summed E-state index contributed by atoms with van der Waals surface area (Å²) in [5, 5.41) is 23.9. The van der Waals surface area contributed by atoms with Crippen LogP contribution in [-0.2, 0) is 42.9 Å². The van der Waals surface area contributed by atoms with Crippen molar-refractivity contribution in [1.29, 1.82) is 0 Å². The number of aliphatic hydroxyl groups excluding tert-OH is 1. The van der Waals surface area contributed by atoms with Gasteiger partial charge < -0.3 is 48.6 Å². The predicted molar refractivity (Wildman–Crippen MR) is 312 cm³/mol. The molecule has 0 saturated carbocycles. The van der Waals surface area contributed by atoms with E-state index in [1.165, 1.54) is 34.0 Å². The molecule has 7 heterocycles. The van der Waals surface area contributed by atoms with Crippen LogP contribution in [0.1, 0.15) is 89.5 Å². The maximum Gasteiger partial charge on any atom is 0.347 e. The monoisotopic (exact) mass is 1240 g/mol. The van der Waals surface area contributed by atoms with Crippen molar-refractivity contribution in [3.05, 3.63) is 133 Å². The van der Waals surface area contributed by atoms with Crippen LogP contribution in [0.15, 0.2) is 54.6 Å². The third kappa shape index (κ3) is 17.2. The van der Waals surface area contributed by atoms with E-state index >= 15 is 0 Å². The Morgan fingerprint density at radius 1 is 0.538 bits per heavy atom. The standard InChI is InChI=1S/C21H24Cl2N2O4S.C16H16Cl2N2O3S.C15H14Cl2N2O3S.CH4/c22-15-5-4-14(11-16(15)23)12-17-20(18(26)13-29-19-3-1-2-8-28-19)30-21(24-17)25-6-9-27-10-7-25;17-11-2-1-10(7-12(11)18)8-13-15(14(22)9-21)24-16(19-13)20-3-5-23-6-4-20;16-10-2-1-9(7-11(10)17)8-12-13(14(20)21)23-15(18-12)19-3-5-22-6-4-19;/h4-5,11,19H,1-3,6-10,12-13H2;1-2,7,21H,3-6,8-9H2;1-2,7H,3-6,8H2,(H,20,21);1H4. The highest BCUT2D eigenvalue weighted by atomic mass is 35.5. The van der Waals surface area contributed by atoms with Crippen LogP contribution >= 0.6 is 104 Å². The average molecular weight is 1250 g/mol. The van der Waals surface area contributed by atoms with Gasteiger partial charge >= 0.3 is 5.97 Å². The second kappa shape index (κ2) is 30.4. The molecule has 0 spiro atoms. The van der Waals surface area contributed by atoms with Gasteiger partial charge in [0.2, 0.25) is 0 Å². The molecule has 3 aromatic heterocycles. The Labute approximate surface area is 495 Å². The number of carbonyl (C=O) groups is 3. The Kier molecular flexibility index (Phi) is 24.1. The second-order valence-electron chi connectivity index (χ2n) is 17.8. The van der Waals surface area contributed by atoms with Crippen LogP contribution in [0, 0.1) is 0 Å². The lowest BCUT2D eigenvalue weighted by molar-refractivity contribution is -0.155. The zero-order valence-electron chi connectivity index (χ0n) is 41.5. The van der Waals surface area contributed by atoms with E-state index in [-0.39, 0.29) is 36.8 Å². The summed E-state index contributed by atoms with van der Waals surface area (Å²) in [5.74, 6) is -1.35. The maximum atomic E-state index is 13.0. The Morgan fingerprint density at radius 2 is 0.910 bits per heavy atom. The molecule has 10 rings (SSSR count). The van der Waals surface area contributed by atoms with Gasteiger partial charge in [0, 0.05) is 65.1 Å². The van der Waals surface area contributed by atoms with Crippen molar-refractivity contribution in [2.24, 2.45) is 0 Å². The zero-order valence-corrected chi connectivity index (χ0v) is 48.4. The van der Waals surface area contributed by atoms with Crippen LogP contribution in [0.4, 0.5) is 15.4 Å². The third-order valence-electron chi connectivity index (χ3n) is 12.4. The molecule has 1 unspecified atom stereocenters. The number of nitrogens with zero attached hydrogens (tertiary/aromatic N) is 6. The number of aromatic nitrogens is 3. The van der Waals surface area contributed by atoms with Gasteiger partial charge in [-0.2, -0.15) is 0 Å². The predicted octanol–water partition coefficient (Wildman–Crippen LogP) is 11.9. The molecule has 420 valence electrons. The van der Waals surface area contributed by atoms with Crippen molar-refractivity contribution >= 4 is 137 Å². The van der Waals surface area contributed by atoms with Crippen LogP contribution in [0.5, 0.6) is 0 Å². The van der Waals surface area contributed by atoms with E-state index < -0.39 is 12.6 Å². The summed E-state index contributed by atoms with van der Waals surface area (Å²) >= 11 is 40.1. The van der Waals surface area contributed by atoms with Crippen LogP contribution in [0.25, 0.3) is 0 Å². The van der Waals surface area contributed by atoms with Crippen LogP contribution in [-0.4, -0.2) is 148 Å². The van der Waals surface area contributed by atoms with Gasteiger partial charge in [-0.1, -0.05) is 129 Å². The molecule has 78 heavy (non-hydrogen) atoms. The summed E-state index contributed by atoms with van der Waals surface area (Å²) < 4.78 is 27.4. The Balaban J connectivity index is 0.000000170. The number of benzene rings is 3. The van der Waals surface area contributed by atoms with E-state index in [2.05, 4.69) is 24.7 Å². The smallest absolute Gasteiger partial charge is 0.347 e. The number of ketones is 2. The minimum Gasteiger partial charge on any atom is -0.477 e. The first kappa shape index (κ1) is 61.9. The number of halogens is 6. The Morgan fingerprint density at radius 3 is 1.26 bits per heavy atom. The molecule has 6 aromatic rings. The molecule has 4 aliphatic heterocycles. The van der Waals surface area contributed by atoms with Gasteiger partial charge in [0.1, 0.15) is 18.1 Å². The topological polar surface area (TPSA) is 186 Å². The van der Waals surface area contributed by atoms with Gasteiger partial charge in [-0.3, -0.25) is 9.59 Å². The molecular weight excluding hydrogens is 1190 g/mol. The molecule has 0 aliphatic carbocycles. The fraction of sp³-hybridized carbons (Fsp3) is 0.434. The number of thiazole rings is 3. The number of morpholine rings is 3. The summed E-state index contributed by atoms with van der Waals surface area (Å²) in [6.07, 6.45) is 3.98. The highest BCUT2D eigenvalue weighted by Crippen LogP contribution is 2.34. The number of carboxylic acid groups (broad SMARTS) is 1. The number of ether oxygens (including phenoxy) is 5. The lowest BCUT2D eigenvalue weighted by Gasteiger charge is -2.26. The van der Waals surface area contributed by atoms with Gasteiger partial charge in [0.15, 0.2) is 33.3 Å². The van der Waals surface area contributed by atoms with E-state index in [9.17, 15) is 24.6 Å². The largest absolute Gasteiger partial charge is 0.477 e. The number of aromatic carboxylic acids is 1. The molecule has 4 fully saturated rings. The molecule has 4 aliphatic rings. The summed E-state index contributed by atoms with van der Waals surface area (Å²) in [7, 11) is 0. The van der Waals surface area contributed by atoms with Gasteiger partial charge in [0.25, 0.3) is 0 Å². The van der Waals surface area contributed by atoms with Crippen molar-refractivity contribution in [2.75, 3.05) is 113 Å².